The highest BCUT2D eigenvalue weighted by atomic mass is 14.8. The van der Waals surface area contributed by atoms with Crippen LogP contribution in [0.15, 0.2) is 23.8 Å². The van der Waals surface area contributed by atoms with E-state index in [-0.39, 0.29) is 0 Å². The molecule has 0 radical (unpaired) electrons. The minimum absolute atomic E-state index is 1.01. The van der Waals surface area contributed by atoms with Gasteiger partial charge in [-0.2, -0.15) is 0 Å². The van der Waals surface area contributed by atoms with Crippen LogP contribution in [0.2, 0.25) is 0 Å². The highest BCUT2D eigenvalue weighted by Crippen LogP contribution is 2.15. The summed E-state index contributed by atoms with van der Waals surface area (Å²) >= 11 is 0. The quantitative estimate of drug-likeness (QED) is 0.727. The average Bonchev–Trinajstić information content (AvgIpc) is 2.31. The first-order chi connectivity index (χ1) is 8.17. The van der Waals surface area contributed by atoms with E-state index in [9.17, 15) is 0 Å². The molecule has 0 atom stereocenters. The molecule has 0 amide bonds. The topological polar surface area (TPSA) is 12.0 Å². The Morgan fingerprint density at radius 2 is 2.00 bits per heavy atom. The zero-order valence-corrected chi connectivity index (χ0v) is 11.6. The van der Waals surface area contributed by atoms with Crippen molar-refractivity contribution in [2.45, 2.75) is 40.5 Å². The summed E-state index contributed by atoms with van der Waals surface area (Å²) in [6.45, 7) is 10.9. The van der Waals surface area contributed by atoms with Crippen LogP contribution in [0.5, 0.6) is 0 Å². The third-order valence-electron chi connectivity index (χ3n) is 3.02. The zero-order valence-electron chi connectivity index (χ0n) is 11.6. The molecule has 1 rings (SSSR count). The van der Waals surface area contributed by atoms with E-state index in [0.717, 1.165) is 19.5 Å². The van der Waals surface area contributed by atoms with Crippen molar-refractivity contribution in [1.82, 2.24) is 5.32 Å². The Kier molecular flexibility index (Phi) is 5.99. The van der Waals surface area contributed by atoms with E-state index in [0.29, 0.717) is 0 Å². The summed E-state index contributed by atoms with van der Waals surface area (Å²) < 4.78 is 0. The maximum atomic E-state index is 3.47. The predicted octanol–water partition coefficient (Wildman–Crippen LogP) is 4.10. The lowest BCUT2D eigenvalue weighted by molar-refractivity contribution is 0.706. The van der Waals surface area contributed by atoms with Crippen molar-refractivity contribution in [3.05, 3.63) is 40.5 Å². The van der Waals surface area contributed by atoms with Gasteiger partial charge in [0, 0.05) is 6.54 Å². The van der Waals surface area contributed by atoms with E-state index in [1.54, 1.807) is 0 Å². The normalized spacial score (nSPS) is 11.9. The fourth-order valence-corrected chi connectivity index (χ4v) is 1.91. The zero-order chi connectivity index (χ0) is 12.7. The summed E-state index contributed by atoms with van der Waals surface area (Å²) in [4.78, 5) is 0. The van der Waals surface area contributed by atoms with Crippen LogP contribution in [-0.4, -0.2) is 13.1 Å². The molecular weight excluding hydrogens is 206 g/mol. The van der Waals surface area contributed by atoms with Crippen molar-refractivity contribution in [3.8, 4) is 0 Å². The first-order valence-electron chi connectivity index (χ1n) is 6.64. The van der Waals surface area contributed by atoms with Crippen molar-refractivity contribution >= 4 is 6.08 Å². The van der Waals surface area contributed by atoms with Gasteiger partial charge in [-0.05, 0) is 44.4 Å². The second kappa shape index (κ2) is 7.29. The van der Waals surface area contributed by atoms with Crippen molar-refractivity contribution in [2.75, 3.05) is 13.1 Å². The van der Waals surface area contributed by atoms with Crippen molar-refractivity contribution in [2.24, 2.45) is 0 Å². The van der Waals surface area contributed by atoms with E-state index >= 15 is 0 Å². The number of benzene rings is 1. The number of rotatable bonds is 6. The van der Waals surface area contributed by atoms with Gasteiger partial charge in [0.05, 0.1) is 0 Å². The number of hydrogen-bond acceptors (Lipinski definition) is 1. The predicted molar refractivity (Wildman–Crippen MR) is 77.3 cm³/mol. The first kappa shape index (κ1) is 14.0. The molecule has 0 bridgehead atoms. The molecule has 0 aliphatic heterocycles. The Balaban J connectivity index is 2.75. The fourth-order valence-electron chi connectivity index (χ4n) is 1.91. The highest BCUT2D eigenvalue weighted by molar-refractivity contribution is 5.57. The summed E-state index contributed by atoms with van der Waals surface area (Å²) in [7, 11) is 0. The van der Waals surface area contributed by atoms with E-state index < -0.39 is 0 Å². The van der Waals surface area contributed by atoms with Gasteiger partial charge in [0.15, 0.2) is 0 Å². The van der Waals surface area contributed by atoms with Crippen LogP contribution in [-0.2, 0) is 0 Å². The molecule has 0 fully saturated rings. The molecule has 0 aromatic heterocycles. The van der Waals surface area contributed by atoms with Crippen LogP contribution in [0.25, 0.3) is 6.08 Å². The molecule has 1 aromatic rings. The van der Waals surface area contributed by atoms with Crippen molar-refractivity contribution in [1.29, 1.82) is 0 Å². The van der Waals surface area contributed by atoms with Crippen molar-refractivity contribution < 1.29 is 0 Å². The lowest BCUT2D eigenvalue weighted by Gasteiger charge is -2.08. The molecule has 94 valence electrons. The molecule has 0 heterocycles. The summed E-state index contributed by atoms with van der Waals surface area (Å²) in [6.07, 6.45) is 4.64. The molecule has 0 saturated carbocycles. The fraction of sp³-hybridized carbons (Fsp3) is 0.500. The minimum atomic E-state index is 1.01. The van der Waals surface area contributed by atoms with E-state index in [1.807, 2.05) is 0 Å². The number of aryl methyl sites for hydroxylation is 2. The highest BCUT2D eigenvalue weighted by Gasteiger charge is 1.98. The van der Waals surface area contributed by atoms with Crippen molar-refractivity contribution in [3.63, 3.8) is 0 Å². The summed E-state index contributed by atoms with van der Waals surface area (Å²) in [5, 5.41) is 3.47. The molecule has 0 saturated heterocycles. The Hall–Kier alpha value is -1.08. The van der Waals surface area contributed by atoms with Gasteiger partial charge in [0.25, 0.3) is 0 Å². The summed E-state index contributed by atoms with van der Waals surface area (Å²) in [5.74, 6) is 0. The van der Waals surface area contributed by atoms with Gasteiger partial charge < -0.3 is 5.32 Å². The molecule has 17 heavy (non-hydrogen) atoms. The third-order valence-corrected chi connectivity index (χ3v) is 3.02. The van der Waals surface area contributed by atoms with Crippen LogP contribution in [0, 0.1) is 13.8 Å². The van der Waals surface area contributed by atoms with Crippen LogP contribution >= 0.6 is 0 Å². The lowest BCUT2D eigenvalue weighted by Crippen LogP contribution is -2.17. The van der Waals surface area contributed by atoms with Crippen LogP contribution in [0.4, 0.5) is 0 Å². The smallest absolute Gasteiger partial charge is 0.0167 e. The number of nitrogens with one attached hydrogen (secondary N) is 1. The second-order valence-electron chi connectivity index (χ2n) is 4.69. The van der Waals surface area contributed by atoms with Gasteiger partial charge in [-0.25, -0.2) is 0 Å². The summed E-state index contributed by atoms with van der Waals surface area (Å²) in [5.41, 5.74) is 5.53. The molecule has 0 aliphatic carbocycles. The Bertz CT molecular complexity index is 377. The monoisotopic (exact) mass is 231 g/mol. The molecule has 1 N–H and O–H groups in total. The molecule has 0 aliphatic rings. The van der Waals surface area contributed by atoms with Gasteiger partial charge in [-0.3, -0.25) is 0 Å². The van der Waals surface area contributed by atoms with Crippen LogP contribution < -0.4 is 5.32 Å². The van der Waals surface area contributed by atoms with E-state index in [1.165, 1.54) is 28.7 Å². The molecule has 1 heteroatoms. The maximum Gasteiger partial charge on any atom is 0.0167 e. The molecule has 1 nitrogen and oxygen atoms in total. The van der Waals surface area contributed by atoms with Gasteiger partial charge in [0.1, 0.15) is 0 Å². The van der Waals surface area contributed by atoms with Gasteiger partial charge in [-0.1, -0.05) is 49.3 Å². The summed E-state index contributed by atoms with van der Waals surface area (Å²) in [6, 6.07) is 6.66. The SMILES string of the molecule is CCCNCC(=Cc1ccc(C)cc1C)CC. The first-order valence-corrected chi connectivity index (χ1v) is 6.64. The maximum absolute atomic E-state index is 3.47. The van der Waals surface area contributed by atoms with E-state index in [2.05, 4.69) is 57.3 Å². The van der Waals surface area contributed by atoms with Crippen LogP contribution in [0.3, 0.4) is 0 Å². The molecule has 0 spiro atoms. The third kappa shape index (κ3) is 4.74. The molecule has 1 aromatic carbocycles. The Morgan fingerprint density at radius 3 is 2.59 bits per heavy atom. The van der Waals surface area contributed by atoms with Gasteiger partial charge >= 0.3 is 0 Å². The standard InChI is InChI=1S/C16H25N/c1-5-9-17-12-15(6-2)11-16-8-7-13(3)10-14(16)4/h7-8,10-11,17H,5-6,9,12H2,1-4H3. The minimum Gasteiger partial charge on any atom is -0.313 e. The Morgan fingerprint density at radius 1 is 1.24 bits per heavy atom. The van der Waals surface area contributed by atoms with Gasteiger partial charge in [-0.15, -0.1) is 0 Å². The molecular formula is C16H25N. The number of hydrogen-bond donors (Lipinski definition) is 1. The van der Waals surface area contributed by atoms with Gasteiger partial charge in [0.2, 0.25) is 0 Å². The Labute approximate surface area is 106 Å². The molecule has 0 unspecified atom stereocenters. The lowest BCUT2D eigenvalue weighted by atomic mass is 10.0. The average molecular weight is 231 g/mol. The second-order valence-corrected chi connectivity index (χ2v) is 4.69. The van der Waals surface area contributed by atoms with Crippen LogP contribution in [0.1, 0.15) is 43.4 Å². The largest absolute Gasteiger partial charge is 0.313 e. The van der Waals surface area contributed by atoms with E-state index in [4.69, 9.17) is 0 Å².